The van der Waals surface area contributed by atoms with E-state index < -0.39 is 0 Å². The highest BCUT2D eigenvalue weighted by atomic mass is 35.5. The molecular weight excluding hydrogens is 467 g/mol. The molecule has 1 aliphatic heterocycles. The van der Waals surface area contributed by atoms with Gasteiger partial charge >= 0.3 is 0 Å². The molecule has 0 N–H and O–H groups in total. The number of benzene rings is 3. The Kier molecular flexibility index (Phi) is 6.74. The Labute approximate surface area is 200 Å². The van der Waals surface area contributed by atoms with E-state index in [1.807, 2.05) is 12.1 Å². The van der Waals surface area contributed by atoms with Crippen molar-refractivity contribution in [1.29, 1.82) is 0 Å². The van der Waals surface area contributed by atoms with Crippen molar-refractivity contribution in [3.8, 4) is 11.5 Å². The molecule has 1 heterocycles. The van der Waals surface area contributed by atoms with Crippen molar-refractivity contribution in [2.75, 3.05) is 19.1 Å². The Morgan fingerprint density at radius 1 is 0.906 bits per heavy atom. The highest BCUT2D eigenvalue weighted by Gasteiger charge is 2.35. The average Bonchev–Trinajstić information content (AvgIpc) is 3.10. The smallest absolute Gasteiger partial charge is 0.271 e. The van der Waals surface area contributed by atoms with Crippen molar-refractivity contribution in [3.05, 3.63) is 87.2 Å². The predicted octanol–water partition coefficient (Wildman–Crippen LogP) is 6.82. The molecule has 0 unspecified atom stereocenters. The number of halogens is 2. The Morgan fingerprint density at radius 3 is 2.19 bits per heavy atom. The van der Waals surface area contributed by atoms with Gasteiger partial charge in [0.05, 0.1) is 30.5 Å². The van der Waals surface area contributed by atoms with Gasteiger partial charge in [-0.2, -0.15) is 0 Å². The van der Waals surface area contributed by atoms with Gasteiger partial charge in [-0.1, -0.05) is 23.2 Å². The molecule has 0 aliphatic carbocycles. The lowest BCUT2D eigenvalue weighted by molar-refractivity contribution is -0.113. The zero-order valence-corrected chi connectivity index (χ0v) is 19.5. The number of hydrogen-bond donors (Lipinski definition) is 0. The number of amidine groups is 1. The van der Waals surface area contributed by atoms with Gasteiger partial charge in [0.15, 0.2) is 5.17 Å². The van der Waals surface area contributed by atoms with E-state index in [2.05, 4.69) is 0 Å². The molecule has 0 spiro atoms. The largest absolute Gasteiger partial charge is 0.497 e. The summed E-state index contributed by atoms with van der Waals surface area (Å²) in [5.74, 6) is 1.08. The fourth-order valence-electron chi connectivity index (χ4n) is 3.07. The van der Waals surface area contributed by atoms with E-state index in [4.69, 9.17) is 37.7 Å². The Bertz CT molecular complexity index is 1210. The molecule has 5 nitrogen and oxygen atoms in total. The highest BCUT2D eigenvalue weighted by Crippen LogP contribution is 2.39. The Morgan fingerprint density at radius 2 is 1.56 bits per heavy atom. The third-order valence-corrected chi connectivity index (χ3v) is 6.14. The lowest BCUT2D eigenvalue weighted by atomic mass is 10.1. The fourth-order valence-corrected chi connectivity index (χ4v) is 4.32. The molecule has 3 aromatic carbocycles. The van der Waals surface area contributed by atoms with Gasteiger partial charge in [-0.3, -0.25) is 9.69 Å². The highest BCUT2D eigenvalue weighted by molar-refractivity contribution is 8.19. The number of amides is 1. The van der Waals surface area contributed by atoms with Crippen LogP contribution in [-0.2, 0) is 4.79 Å². The van der Waals surface area contributed by atoms with Gasteiger partial charge in [-0.25, -0.2) is 4.99 Å². The quantitative estimate of drug-likeness (QED) is 0.372. The number of aliphatic imine (C=N–C) groups is 1. The van der Waals surface area contributed by atoms with Crippen molar-refractivity contribution in [2.45, 2.75) is 0 Å². The van der Waals surface area contributed by atoms with Crippen LogP contribution in [0.4, 0.5) is 11.4 Å². The van der Waals surface area contributed by atoms with Gasteiger partial charge in [-0.05, 0) is 78.5 Å². The molecule has 162 valence electrons. The van der Waals surface area contributed by atoms with Crippen LogP contribution in [-0.4, -0.2) is 25.3 Å². The molecule has 0 atom stereocenters. The first kappa shape index (κ1) is 22.3. The number of thioether (sulfide) groups is 1. The first-order valence-corrected chi connectivity index (χ1v) is 11.1. The minimum atomic E-state index is -0.192. The molecule has 0 aromatic heterocycles. The van der Waals surface area contributed by atoms with Crippen LogP contribution >= 0.6 is 35.0 Å². The standard InChI is InChI=1S/C24H18Cl2N2O3S/c1-30-20-12-3-15(21(14-20)31-2)13-22-23(29)28(19-10-6-17(26)7-11-19)24(32-22)27-18-8-4-16(25)5-9-18/h3-14H,1-2H3/b22-13-,27-24?. The Balaban J connectivity index is 1.77. The number of ether oxygens (including phenoxy) is 2. The van der Waals surface area contributed by atoms with Crippen LogP contribution in [0.2, 0.25) is 10.0 Å². The first-order chi connectivity index (χ1) is 15.5. The molecular formula is C24H18Cl2N2O3S. The number of methoxy groups -OCH3 is 2. The molecule has 1 amide bonds. The van der Waals surface area contributed by atoms with Crippen molar-refractivity contribution in [1.82, 2.24) is 0 Å². The first-order valence-electron chi connectivity index (χ1n) is 9.54. The third kappa shape index (κ3) is 4.78. The predicted molar refractivity (Wildman–Crippen MR) is 133 cm³/mol. The second kappa shape index (κ2) is 9.69. The summed E-state index contributed by atoms with van der Waals surface area (Å²) >= 11 is 13.3. The molecule has 4 rings (SSSR count). The Hall–Kier alpha value is -2.93. The SMILES string of the molecule is COc1ccc(/C=C2\SC(=Nc3ccc(Cl)cc3)N(c3ccc(Cl)cc3)C2=O)c(OC)c1. The summed E-state index contributed by atoms with van der Waals surface area (Å²) in [6.45, 7) is 0. The number of carbonyl (C=O) groups excluding carboxylic acids is 1. The van der Waals surface area contributed by atoms with Crippen molar-refractivity contribution < 1.29 is 14.3 Å². The van der Waals surface area contributed by atoms with E-state index in [1.165, 1.54) is 11.8 Å². The van der Waals surface area contributed by atoms with Gasteiger partial charge in [-0.15, -0.1) is 0 Å². The van der Waals surface area contributed by atoms with Crippen LogP contribution in [0.15, 0.2) is 76.6 Å². The topological polar surface area (TPSA) is 51.1 Å². The number of hydrogen-bond acceptors (Lipinski definition) is 5. The van der Waals surface area contributed by atoms with Gasteiger partial charge < -0.3 is 9.47 Å². The second-order valence-electron chi connectivity index (χ2n) is 6.71. The van der Waals surface area contributed by atoms with Crippen LogP contribution in [0.25, 0.3) is 6.08 Å². The summed E-state index contributed by atoms with van der Waals surface area (Å²) in [5, 5.41) is 1.73. The maximum atomic E-state index is 13.4. The zero-order chi connectivity index (χ0) is 22.7. The second-order valence-corrected chi connectivity index (χ2v) is 8.59. The van der Waals surface area contributed by atoms with Gasteiger partial charge in [0.1, 0.15) is 11.5 Å². The van der Waals surface area contributed by atoms with Crippen LogP contribution in [0.1, 0.15) is 5.56 Å². The molecule has 1 saturated heterocycles. The third-order valence-electron chi connectivity index (χ3n) is 4.67. The van der Waals surface area contributed by atoms with Crippen molar-refractivity contribution in [2.24, 2.45) is 4.99 Å². The van der Waals surface area contributed by atoms with Crippen molar-refractivity contribution in [3.63, 3.8) is 0 Å². The average molecular weight is 485 g/mol. The molecule has 0 saturated carbocycles. The lowest BCUT2D eigenvalue weighted by Gasteiger charge is -2.15. The monoisotopic (exact) mass is 484 g/mol. The molecule has 1 fully saturated rings. The number of carbonyl (C=O) groups is 1. The van der Waals surface area contributed by atoms with E-state index in [0.29, 0.717) is 43.0 Å². The molecule has 0 bridgehead atoms. The maximum absolute atomic E-state index is 13.4. The molecule has 32 heavy (non-hydrogen) atoms. The maximum Gasteiger partial charge on any atom is 0.271 e. The lowest BCUT2D eigenvalue weighted by Crippen LogP contribution is -2.28. The van der Waals surface area contributed by atoms with E-state index in [1.54, 1.807) is 79.8 Å². The molecule has 8 heteroatoms. The number of rotatable bonds is 5. The van der Waals surface area contributed by atoms with Crippen LogP contribution in [0.3, 0.4) is 0 Å². The summed E-state index contributed by atoms with van der Waals surface area (Å²) in [5.41, 5.74) is 2.12. The van der Waals surface area contributed by atoms with Crippen LogP contribution in [0.5, 0.6) is 11.5 Å². The summed E-state index contributed by atoms with van der Waals surface area (Å²) in [6, 6.07) is 19.6. The summed E-state index contributed by atoms with van der Waals surface area (Å²) in [6.07, 6.45) is 1.79. The number of anilines is 1. The zero-order valence-electron chi connectivity index (χ0n) is 17.2. The van der Waals surface area contributed by atoms with Crippen molar-refractivity contribution >= 4 is 63.5 Å². The molecule has 0 radical (unpaired) electrons. The van der Waals surface area contributed by atoms with E-state index in [9.17, 15) is 4.79 Å². The normalized spacial score (nSPS) is 16.1. The van der Waals surface area contributed by atoms with E-state index in [0.717, 1.165) is 5.56 Å². The minimum Gasteiger partial charge on any atom is -0.497 e. The van der Waals surface area contributed by atoms with Crippen LogP contribution < -0.4 is 14.4 Å². The molecule has 1 aliphatic rings. The van der Waals surface area contributed by atoms with E-state index in [-0.39, 0.29) is 5.91 Å². The summed E-state index contributed by atoms with van der Waals surface area (Å²) in [4.78, 5) is 20.2. The molecule has 3 aromatic rings. The van der Waals surface area contributed by atoms with E-state index >= 15 is 0 Å². The summed E-state index contributed by atoms with van der Waals surface area (Å²) < 4.78 is 10.7. The minimum absolute atomic E-state index is 0.192. The van der Waals surface area contributed by atoms with Gasteiger partial charge in [0.25, 0.3) is 5.91 Å². The number of nitrogens with zero attached hydrogens (tertiary/aromatic N) is 2. The van der Waals surface area contributed by atoms with Gasteiger partial charge in [0, 0.05) is 21.7 Å². The fraction of sp³-hybridized carbons (Fsp3) is 0.0833. The van der Waals surface area contributed by atoms with Crippen LogP contribution in [0, 0.1) is 0 Å². The summed E-state index contributed by atoms with van der Waals surface area (Å²) in [7, 11) is 3.17. The van der Waals surface area contributed by atoms with Gasteiger partial charge in [0.2, 0.25) is 0 Å².